The lowest BCUT2D eigenvalue weighted by molar-refractivity contribution is 0.0995. The van der Waals surface area contributed by atoms with Crippen molar-refractivity contribution in [2.24, 2.45) is 5.73 Å². The van der Waals surface area contributed by atoms with Crippen molar-refractivity contribution in [2.75, 3.05) is 11.9 Å². The smallest absolute Gasteiger partial charge is 0.259 e. The van der Waals surface area contributed by atoms with Gasteiger partial charge in [-0.3, -0.25) is 9.59 Å². The first-order chi connectivity index (χ1) is 10.5. The van der Waals surface area contributed by atoms with E-state index >= 15 is 0 Å². The number of benzene rings is 2. The number of halogens is 1. The Balaban J connectivity index is 2.28. The molecule has 3 N–H and O–H groups in total. The summed E-state index contributed by atoms with van der Waals surface area (Å²) in [6, 6.07) is 10.3. The van der Waals surface area contributed by atoms with Crippen molar-refractivity contribution in [1.82, 2.24) is 0 Å². The third-order valence-electron chi connectivity index (χ3n) is 2.91. The number of ether oxygens (including phenoxy) is 1. The molecule has 2 aromatic rings. The number of nitrogens with two attached hydrogens (primary N) is 1. The Labute approximate surface area is 126 Å². The minimum absolute atomic E-state index is 0.0753. The second-order valence-electron chi connectivity index (χ2n) is 4.45. The van der Waals surface area contributed by atoms with Crippen molar-refractivity contribution in [3.63, 3.8) is 0 Å². The monoisotopic (exact) mass is 302 g/mol. The highest BCUT2D eigenvalue weighted by Crippen LogP contribution is 2.24. The highest BCUT2D eigenvalue weighted by molar-refractivity contribution is 6.06. The molecule has 0 bridgehead atoms. The minimum atomic E-state index is -0.611. The van der Waals surface area contributed by atoms with Crippen molar-refractivity contribution in [3.05, 3.63) is 59.4 Å². The number of anilines is 1. The molecule has 0 unspecified atom stereocenters. The molecule has 0 radical (unpaired) electrons. The van der Waals surface area contributed by atoms with E-state index in [9.17, 15) is 14.0 Å². The van der Waals surface area contributed by atoms with E-state index in [0.29, 0.717) is 5.69 Å². The van der Waals surface area contributed by atoms with Crippen LogP contribution in [0.1, 0.15) is 27.6 Å². The number of hydrogen-bond donors (Lipinski definition) is 2. The fourth-order valence-electron chi connectivity index (χ4n) is 1.93. The molecule has 2 aromatic carbocycles. The Bertz CT molecular complexity index is 716. The summed E-state index contributed by atoms with van der Waals surface area (Å²) < 4.78 is 18.9. The fourth-order valence-corrected chi connectivity index (χ4v) is 1.93. The van der Waals surface area contributed by atoms with Crippen LogP contribution < -0.4 is 15.8 Å². The number of nitrogens with one attached hydrogen (secondary N) is 1. The molecular weight excluding hydrogens is 287 g/mol. The highest BCUT2D eigenvalue weighted by Gasteiger charge is 2.16. The Hall–Kier alpha value is -2.89. The first-order valence-corrected chi connectivity index (χ1v) is 6.65. The standard InChI is InChI=1S/C16H15FN2O3/c1-2-22-14-12(7-4-8-13(14)17)16(21)19-11-6-3-5-10(9-11)15(18)20/h3-9H,2H2,1H3,(H2,18,20)(H,19,21). The molecule has 0 fully saturated rings. The van der Waals surface area contributed by atoms with Crippen molar-refractivity contribution < 1.29 is 18.7 Å². The molecule has 6 heteroatoms. The van der Waals surface area contributed by atoms with E-state index in [1.165, 1.54) is 30.3 Å². The zero-order chi connectivity index (χ0) is 16.1. The lowest BCUT2D eigenvalue weighted by Gasteiger charge is -2.11. The van der Waals surface area contributed by atoms with Gasteiger partial charge < -0.3 is 15.8 Å². The Morgan fingerprint density at radius 2 is 1.95 bits per heavy atom. The predicted molar refractivity (Wildman–Crippen MR) is 80.5 cm³/mol. The number of carbonyl (C=O) groups excluding carboxylic acids is 2. The molecule has 2 amide bonds. The van der Waals surface area contributed by atoms with Crippen LogP contribution in [0.2, 0.25) is 0 Å². The van der Waals surface area contributed by atoms with Crippen LogP contribution in [0, 0.1) is 5.82 Å². The van der Waals surface area contributed by atoms with Gasteiger partial charge in [0.05, 0.1) is 12.2 Å². The molecule has 114 valence electrons. The van der Waals surface area contributed by atoms with Gasteiger partial charge in [-0.2, -0.15) is 0 Å². The molecule has 0 aromatic heterocycles. The highest BCUT2D eigenvalue weighted by atomic mass is 19.1. The van der Waals surface area contributed by atoms with E-state index in [4.69, 9.17) is 10.5 Å². The maximum Gasteiger partial charge on any atom is 0.259 e. The van der Waals surface area contributed by atoms with Gasteiger partial charge in [0.25, 0.3) is 5.91 Å². The summed E-state index contributed by atoms with van der Waals surface area (Å²) in [5, 5.41) is 2.59. The summed E-state index contributed by atoms with van der Waals surface area (Å²) >= 11 is 0. The third-order valence-corrected chi connectivity index (χ3v) is 2.91. The van der Waals surface area contributed by atoms with Crippen LogP contribution in [0.15, 0.2) is 42.5 Å². The molecule has 0 aliphatic heterocycles. The van der Waals surface area contributed by atoms with E-state index in [2.05, 4.69) is 5.32 Å². The van der Waals surface area contributed by atoms with E-state index in [-0.39, 0.29) is 23.5 Å². The third kappa shape index (κ3) is 3.41. The number of carbonyl (C=O) groups is 2. The van der Waals surface area contributed by atoms with Crippen LogP contribution in [0.25, 0.3) is 0 Å². The largest absolute Gasteiger partial charge is 0.490 e. The van der Waals surface area contributed by atoms with Crippen molar-refractivity contribution in [3.8, 4) is 5.75 Å². The van der Waals surface area contributed by atoms with Gasteiger partial charge in [0.2, 0.25) is 5.91 Å². The SMILES string of the molecule is CCOc1c(F)cccc1C(=O)Nc1cccc(C(N)=O)c1. The molecule has 0 heterocycles. The van der Waals surface area contributed by atoms with E-state index in [1.807, 2.05) is 0 Å². The zero-order valence-electron chi connectivity index (χ0n) is 11.9. The van der Waals surface area contributed by atoms with Gasteiger partial charge in [-0.05, 0) is 37.3 Å². The summed E-state index contributed by atoms with van der Waals surface area (Å²) in [5.41, 5.74) is 5.91. The molecular formula is C16H15FN2O3. The molecule has 5 nitrogen and oxygen atoms in total. The summed E-state index contributed by atoms with van der Waals surface area (Å²) in [4.78, 5) is 23.4. The zero-order valence-corrected chi connectivity index (χ0v) is 11.9. The Morgan fingerprint density at radius 3 is 2.64 bits per heavy atom. The lowest BCUT2D eigenvalue weighted by Crippen LogP contribution is -2.16. The van der Waals surface area contributed by atoms with Gasteiger partial charge >= 0.3 is 0 Å². The summed E-state index contributed by atoms with van der Waals surface area (Å²) in [5.74, 6) is -1.85. The average molecular weight is 302 g/mol. The van der Waals surface area contributed by atoms with Crippen LogP contribution in [0.4, 0.5) is 10.1 Å². The van der Waals surface area contributed by atoms with Crippen molar-refractivity contribution in [2.45, 2.75) is 6.92 Å². The normalized spacial score (nSPS) is 10.1. The lowest BCUT2D eigenvalue weighted by atomic mass is 10.1. The van der Waals surface area contributed by atoms with Gasteiger partial charge in [0.1, 0.15) is 0 Å². The molecule has 0 aliphatic carbocycles. The maximum absolute atomic E-state index is 13.7. The van der Waals surface area contributed by atoms with Gasteiger partial charge in [-0.1, -0.05) is 12.1 Å². The average Bonchev–Trinajstić information content (AvgIpc) is 2.49. The van der Waals surface area contributed by atoms with E-state index in [0.717, 1.165) is 0 Å². The second-order valence-corrected chi connectivity index (χ2v) is 4.45. The number of hydrogen-bond acceptors (Lipinski definition) is 3. The fraction of sp³-hybridized carbons (Fsp3) is 0.125. The predicted octanol–water partition coefficient (Wildman–Crippen LogP) is 2.58. The topological polar surface area (TPSA) is 81.4 Å². The molecule has 0 saturated heterocycles. The van der Waals surface area contributed by atoms with Gasteiger partial charge in [0.15, 0.2) is 11.6 Å². The Kier molecular flexibility index (Phi) is 4.73. The molecule has 22 heavy (non-hydrogen) atoms. The molecule has 2 rings (SSSR count). The van der Waals surface area contributed by atoms with Crippen LogP contribution >= 0.6 is 0 Å². The summed E-state index contributed by atoms with van der Waals surface area (Å²) in [6.45, 7) is 1.93. The van der Waals surface area contributed by atoms with Crippen LogP contribution in [0.5, 0.6) is 5.75 Å². The van der Waals surface area contributed by atoms with Gasteiger partial charge in [0, 0.05) is 11.3 Å². The van der Waals surface area contributed by atoms with Crippen molar-refractivity contribution >= 4 is 17.5 Å². The maximum atomic E-state index is 13.7. The second kappa shape index (κ2) is 6.71. The number of primary amides is 1. The van der Waals surface area contributed by atoms with Gasteiger partial charge in [-0.25, -0.2) is 4.39 Å². The first kappa shape index (κ1) is 15.5. The molecule has 0 spiro atoms. The molecule has 0 atom stereocenters. The first-order valence-electron chi connectivity index (χ1n) is 6.65. The van der Waals surface area contributed by atoms with Gasteiger partial charge in [-0.15, -0.1) is 0 Å². The van der Waals surface area contributed by atoms with Crippen LogP contribution in [-0.2, 0) is 0 Å². The summed E-state index contributed by atoms with van der Waals surface area (Å²) in [6.07, 6.45) is 0. The molecule has 0 saturated carbocycles. The minimum Gasteiger partial charge on any atom is -0.490 e. The van der Waals surface area contributed by atoms with Crippen LogP contribution in [-0.4, -0.2) is 18.4 Å². The Morgan fingerprint density at radius 1 is 1.23 bits per heavy atom. The molecule has 0 aliphatic rings. The number of amides is 2. The van der Waals surface area contributed by atoms with Crippen LogP contribution in [0.3, 0.4) is 0 Å². The number of rotatable bonds is 5. The summed E-state index contributed by atoms with van der Waals surface area (Å²) in [7, 11) is 0. The van der Waals surface area contributed by atoms with E-state index in [1.54, 1.807) is 19.1 Å². The van der Waals surface area contributed by atoms with E-state index < -0.39 is 17.6 Å². The van der Waals surface area contributed by atoms with Crippen molar-refractivity contribution in [1.29, 1.82) is 0 Å². The quantitative estimate of drug-likeness (QED) is 0.890. The number of para-hydroxylation sites is 1.